The van der Waals surface area contributed by atoms with Gasteiger partial charge < -0.3 is 15.0 Å². The minimum Gasteiger partial charge on any atom is -0.404 e. The first kappa shape index (κ1) is 12.0. The lowest BCUT2D eigenvalue weighted by Gasteiger charge is -2.30. The number of anilines is 1. The van der Waals surface area contributed by atoms with E-state index in [1.54, 1.807) is 12.1 Å². The molecule has 0 amide bonds. The van der Waals surface area contributed by atoms with E-state index in [0.717, 1.165) is 13.1 Å². The van der Waals surface area contributed by atoms with Crippen LogP contribution < -0.4 is 15.0 Å². The van der Waals surface area contributed by atoms with Gasteiger partial charge in [0.2, 0.25) is 0 Å². The van der Waals surface area contributed by atoms with Gasteiger partial charge in [-0.15, -0.1) is 13.2 Å². The Kier molecular flexibility index (Phi) is 3.42. The average molecular weight is 246 g/mol. The molecule has 3 nitrogen and oxygen atoms in total. The summed E-state index contributed by atoms with van der Waals surface area (Å²) in [4.78, 5) is 1.89. The molecule has 0 atom stereocenters. The highest BCUT2D eigenvalue weighted by atomic mass is 19.4. The normalized spacial score (nSPS) is 17.0. The fourth-order valence-electron chi connectivity index (χ4n) is 1.84. The predicted molar refractivity (Wildman–Crippen MR) is 58.2 cm³/mol. The zero-order valence-corrected chi connectivity index (χ0v) is 9.13. The molecular formula is C11H13F3N2O. The summed E-state index contributed by atoms with van der Waals surface area (Å²) < 4.78 is 40.7. The third-order valence-electron chi connectivity index (χ3n) is 2.55. The van der Waals surface area contributed by atoms with Crippen molar-refractivity contribution in [2.24, 2.45) is 0 Å². The second-order valence-electron chi connectivity index (χ2n) is 3.75. The minimum atomic E-state index is -4.65. The molecule has 0 bridgehead atoms. The third-order valence-corrected chi connectivity index (χ3v) is 2.55. The molecule has 1 aliphatic rings. The van der Waals surface area contributed by atoms with E-state index in [2.05, 4.69) is 10.1 Å². The van der Waals surface area contributed by atoms with Crippen LogP contribution in [-0.2, 0) is 0 Å². The highest BCUT2D eigenvalue weighted by Gasteiger charge is 2.32. The van der Waals surface area contributed by atoms with Crippen molar-refractivity contribution in [1.82, 2.24) is 5.32 Å². The van der Waals surface area contributed by atoms with Gasteiger partial charge in [-0.1, -0.05) is 12.1 Å². The Morgan fingerprint density at radius 1 is 1.12 bits per heavy atom. The standard InChI is InChI=1S/C11H13F3N2O/c12-11(13,14)17-10-4-2-1-3-9(10)16-7-5-15-6-8-16/h1-4,15H,5-8H2. The number of alkyl halides is 3. The molecule has 0 radical (unpaired) electrons. The fraction of sp³-hybridized carbons (Fsp3) is 0.455. The largest absolute Gasteiger partial charge is 0.573 e. The molecule has 0 aliphatic carbocycles. The molecule has 94 valence electrons. The Labute approximate surface area is 97.2 Å². The molecule has 1 aromatic carbocycles. The smallest absolute Gasteiger partial charge is 0.404 e. The fourth-order valence-corrected chi connectivity index (χ4v) is 1.84. The molecule has 0 spiro atoms. The summed E-state index contributed by atoms with van der Waals surface area (Å²) in [5, 5.41) is 3.15. The van der Waals surface area contributed by atoms with Crippen molar-refractivity contribution < 1.29 is 17.9 Å². The number of ether oxygens (including phenoxy) is 1. The van der Waals surface area contributed by atoms with Gasteiger partial charge in [-0.2, -0.15) is 0 Å². The van der Waals surface area contributed by atoms with Crippen molar-refractivity contribution in [3.05, 3.63) is 24.3 Å². The quantitative estimate of drug-likeness (QED) is 0.863. The van der Waals surface area contributed by atoms with Gasteiger partial charge in [-0.3, -0.25) is 0 Å². The van der Waals surface area contributed by atoms with Gasteiger partial charge in [0, 0.05) is 26.2 Å². The summed E-state index contributed by atoms with van der Waals surface area (Å²) in [5.74, 6) is -0.137. The van der Waals surface area contributed by atoms with Crippen molar-refractivity contribution >= 4 is 5.69 Å². The van der Waals surface area contributed by atoms with Gasteiger partial charge in [-0.25, -0.2) is 0 Å². The molecule has 1 fully saturated rings. The predicted octanol–water partition coefficient (Wildman–Crippen LogP) is 1.99. The number of benzene rings is 1. The number of halogens is 3. The number of rotatable bonds is 2. The molecule has 1 aliphatic heterocycles. The number of hydrogen-bond acceptors (Lipinski definition) is 3. The second-order valence-corrected chi connectivity index (χ2v) is 3.75. The first-order valence-corrected chi connectivity index (χ1v) is 5.37. The highest BCUT2D eigenvalue weighted by Crippen LogP contribution is 2.32. The minimum absolute atomic E-state index is 0.137. The van der Waals surface area contributed by atoms with Crippen LogP contribution in [0.2, 0.25) is 0 Å². The number of hydrogen-bond donors (Lipinski definition) is 1. The molecule has 0 unspecified atom stereocenters. The van der Waals surface area contributed by atoms with Crippen molar-refractivity contribution in [1.29, 1.82) is 0 Å². The third kappa shape index (κ3) is 3.26. The molecular weight excluding hydrogens is 233 g/mol. The van der Waals surface area contributed by atoms with Crippen molar-refractivity contribution in [3.63, 3.8) is 0 Å². The maximum Gasteiger partial charge on any atom is 0.573 e. The molecule has 6 heteroatoms. The van der Waals surface area contributed by atoms with E-state index in [1.165, 1.54) is 12.1 Å². The molecule has 2 rings (SSSR count). The highest BCUT2D eigenvalue weighted by molar-refractivity contribution is 5.58. The summed E-state index contributed by atoms with van der Waals surface area (Å²) in [5.41, 5.74) is 0.492. The van der Waals surface area contributed by atoms with Crippen molar-refractivity contribution in [3.8, 4) is 5.75 Å². The SMILES string of the molecule is FC(F)(F)Oc1ccccc1N1CCNCC1. The Hall–Kier alpha value is -1.43. The van der Waals surface area contributed by atoms with E-state index in [0.29, 0.717) is 18.8 Å². The van der Waals surface area contributed by atoms with Crippen LogP contribution in [0.15, 0.2) is 24.3 Å². The lowest BCUT2D eigenvalue weighted by molar-refractivity contribution is -0.274. The summed E-state index contributed by atoms with van der Waals surface area (Å²) in [6, 6.07) is 6.23. The maximum atomic E-state index is 12.2. The van der Waals surface area contributed by atoms with Crippen LogP contribution in [0.3, 0.4) is 0 Å². The van der Waals surface area contributed by atoms with Crippen LogP contribution in [0.5, 0.6) is 5.75 Å². The van der Waals surface area contributed by atoms with E-state index < -0.39 is 6.36 Å². The van der Waals surface area contributed by atoms with Crippen LogP contribution in [-0.4, -0.2) is 32.5 Å². The topological polar surface area (TPSA) is 24.5 Å². The summed E-state index contributed by atoms with van der Waals surface area (Å²) in [6.07, 6.45) is -4.65. The zero-order chi connectivity index (χ0) is 12.3. The van der Waals surface area contributed by atoms with Crippen LogP contribution in [0.1, 0.15) is 0 Å². The van der Waals surface area contributed by atoms with Gasteiger partial charge in [0.15, 0.2) is 5.75 Å². The lowest BCUT2D eigenvalue weighted by Crippen LogP contribution is -2.43. The van der Waals surface area contributed by atoms with E-state index in [4.69, 9.17) is 0 Å². The summed E-state index contributed by atoms with van der Waals surface area (Å²) >= 11 is 0. The molecule has 1 heterocycles. The van der Waals surface area contributed by atoms with Gasteiger partial charge in [-0.05, 0) is 12.1 Å². The lowest BCUT2D eigenvalue weighted by atomic mass is 10.2. The molecule has 0 saturated carbocycles. The maximum absolute atomic E-state index is 12.2. The molecule has 0 aromatic heterocycles. The van der Waals surface area contributed by atoms with Crippen molar-refractivity contribution in [2.75, 3.05) is 31.1 Å². The molecule has 1 saturated heterocycles. The van der Waals surface area contributed by atoms with Crippen LogP contribution in [0, 0.1) is 0 Å². The number of nitrogens with one attached hydrogen (secondary N) is 1. The van der Waals surface area contributed by atoms with E-state index in [-0.39, 0.29) is 5.75 Å². The van der Waals surface area contributed by atoms with Crippen LogP contribution in [0.25, 0.3) is 0 Å². The van der Waals surface area contributed by atoms with E-state index in [1.807, 2.05) is 4.90 Å². The number of piperazine rings is 1. The summed E-state index contributed by atoms with van der Waals surface area (Å²) in [7, 11) is 0. The number of para-hydroxylation sites is 2. The second kappa shape index (κ2) is 4.83. The van der Waals surface area contributed by atoms with Crippen LogP contribution >= 0.6 is 0 Å². The number of nitrogens with zero attached hydrogens (tertiary/aromatic N) is 1. The van der Waals surface area contributed by atoms with E-state index >= 15 is 0 Å². The molecule has 17 heavy (non-hydrogen) atoms. The Morgan fingerprint density at radius 3 is 2.41 bits per heavy atom. The molecule has 1 N–H and O–H groups in total. The van der Waals surface area contributed by atoms with Gasteiger partial charge in [0.1, 0.15) is 0 Å². The van der Waals surface area contributed by atoms with Crippen LogP contribution in [0.4, 0.5) is 18.9 Å². The first-order valence-electron chi connectivity index (χ1n) is 5.37. The van der Waals surface area contributed by atoms with E-state index in [9.17, 15) is 13.2 Å². The van der Waals surface area contributed by atoms with Gasteiger partial charge in [0.05, 0.1) is 5.69 Å². The molecule has 1 aromatic rings. The van der Waals surface area contributed by atoms with Gasteiger partial charge >= 0.3 is 6.36 Å². The first-order chi connectivity index (χ1) is 8.06. The Bertz CT molecular complexity index is 375. The Balaban J connectivity index is 2.20. The Morgan fingerprint density at radius 2 is 1.76 bits per heavy atom. The zero-order valence-electron chi connectivity index (χ0n) is 9.13. The van der Waals surface area contributed by atoms with Gasteiger partial charge in [0.25, 0.3) is 0 Å². The summed E-state index contributed by atoms with van der Waals surface area (Å²) in [6.45, 7) is 2.89. The van der Waals surface area contributed by atoms with Crippen molar-refractivity contribution in [2.45, 2.75) is 6.36 Å². The monoisotopic (exact) mass is 246 g/mol. The average Bonchev–Trinajstić information content (AvgIpc) is 2.29.